The highest BCUT2D eigenvalue weighted by Crippen LogP contribution is 2.26. The lowest BCUT2D eigenvalue weighted by atomic mass is 10.1. The van der Waals surface area contributed by atoms with E-state index in [4.69, 9.17) is 17.3 Å². The van der Waals surface area contributed by atoms with Crippen LogP contribution in [0.2, 0.25) is 4.34 Å². The van der Waals surface area contributed by atoms with E-state index in [9.17, 15) is 0 Å². The van der Waals surface area contributed by atoms with Gasteiger partial charge in [-0.3, -0.25) is 0 Å². The molecule has 0 spiro atoms. The van der Waals surface area contributed by atoms with Crippen LogP contribution in [0.1, 0.15) is 16.5 Å². The summed E-state index contributed by atoms with van der Waals surface area (Å²) in [6.45, 7) is 0. The fourth-order valence-corrected chi connectivity index (χ4v) is 3.15. The van der Waals surface area contributed by atoms with Gasteiger partial charge in [-0.15, -0.1) is 11.3 Å². The molecular formula is C10H10ClNS2. The van der Waals surface area contributed by atoms with Gasteiger partial charge in [0.2, 0.25) is 0 Å². The van der Waals surface area contributed by atoms with Crippen molar-refractivity contribution in [3.63, 3.8) is 0 Å². The van der Waals surface area contributed by atoms with Crippen LogP contribution in [0, 0.1) is 0 Å². The molecule has 14 heavy (non-hydrogen) atoms. The van der Waals surface area contributed by atoms with E-state index >= 15 is 0 Å². The summed E-state index contributed by atoms with van der Waals surface area (Å²) >= 11 is 9.13. The van der Waals surface area contributed by atoms with Crippen molar-refractivity contribution >= 4 is 34.3 Å². The molecule has 2 aromatic rings. The first-order chi connectivity index (χ1) is 6.75. The van der Waals surface area contributed by atoms with Crippen LogP contribution in [0.3, 0.4) is 0 Å². The van der Waals surface area contributed by atoms with Crippen molar-refractivity contribution in [1.29, 1.82) is 0 Å². The average Bonchev–Trinajstić information content (AvgIpc) is 2.75. The Morgan fingerprint density at radius 3 is 2.79 bits per heavy atom. The summed E-state index contributed by atoms with van der Waals surface area (Å²) in [6, 6.07) is 6.13. The van der Waals surface area contributed by atoms with Crippen molar-refractivity contribution < 1.29 is 0 Å². The van der Waals surface area contributed by atoms with Gasteiger partial charge < -0.3 is 5.73 Å². The quantitative estimate of drug-likeness (QED) is 0.874. The van der Waals surface area contributed by atoms with E-state index in [1.54, 1.807) is 22.7 Å². The van der Waals surface area contributed by atoms with Gasteiger partial charge in [0, 0.05) is 17.3 Å². The Morgan fingerprint density at radius 2 is 2.21 bits per heavy atom. The van der Waals surface area contributed by atoms with Gasteiger partial charge in [-0.25, -0.2) is 0 Å². The monoisotopic (exact) mass is 243 g/mol. The third-order valence-corrected chi connectivity index (χ3v) is 3.98. The number of hydrogen-bond acceptors (Lipinski definition) is 3. The maximum atomic E-state index is 6.05. The maximum absolute atomic E-state index is 6.05. The van der Waals surface area contributed by atoms with Crippen LogP contribution in [0.25, 0.3) is 0 Å². The third kappa shape index (κ3) is 2.36. The third-order valence-electron chi connectivity index (χ3n) is 2.02. The minimum absolute atomic E-state index is 0.0935. The van der Waals surface area contributed by atoms with Crippen molar-refractivity contribution in [2.24, 2.45) is 5.73 Å². The Morgan fingerprint density at radius 1 is 1.36 bits per heavy atom. The molecule has 2 aromatic heterocycles. The zero-order valence-corrected chi connectivity index (χ0v) is 9.83. The predicted molar refractivity (Wildman–Crippen MR) is 64.3 cm³/mol. The first kappa shape index (κ1) is 10.2. The predicted octanol–water partition coefficient (Wildman–Crippen LogP) is 3.71. The smallest absolute Gasteiger partial charge is 0.0931 e. The second-order valence-electron chi connectivity index (χ2n) is 3.07. The van der Waals surface area contributed by atoms with Crippen molar-refractivity contribution in [2.45, 2.75) is 12.5 Å². The molecule has 1 unspecified atom stereocenters. The highest BCUT2D eigenvalue weighted by molar-refractivity contribution is 7.16. The van der Waals surface area contributed by atoms with Gasteiger partial charge in [-0.05, 0) is 34.5 Å². The summed E-state index contributed by atoms with van der Waals surface area (Å²) in [5.74, 6) is 0. The Balaban J connectivity index is 2.05. The van der Waals surface area contributed by atoms with Gasteiger partial charge in [0.25, 0.3) is 0 Å². The minimum atomic E-state index is 0.0935. The SMILES string of the molecule is NC(Cc1ccc(Cl)s1)c1ccsc1. The molecule has 0 aromatic carbocycles. The normalized spacial score (nSPS) is 13.0. The van der Waals surface area contributed by atoms with Crippen molar-refractivity contribution in [2.75, 3.05) is 0 Å². The maximum Gasteiger partial charge on any atom is 0.0931 e. The van der Waals surface area contributed by atoms with Crippen LogP contribution in [-0.2, 0) is 6.42 Å². The Labute approximate surface area is 96.1 Å². The number of rotatable bonds is 3. The van der Waals surface area contributed by atoms with Crippen molar-refractivity contribution in [3.8, 4) is 0 Å². The van der Waals surface area contributed by atoms with E-state index in [0.29, 0.717) is 0 Å². The average molecular weight is 244 g/mol. The first-order valence-electron chi connectivity index (χ1n) is 4.27. The zero-order chi connectivity index (χ0) is 9.97. The summed E-state index contributed by atoms with van der Waals surface area (Å²) in [7, 11) is 0. The molecule has 0 amide bonds. The molecule has 1 atom stereocenters. The van der Waals surface area contributed by atoms with Crippen molar-refractivity contribution in [1.82, 2.24) is 0 Å². The van der Waals surface area contributed by atoms with Crippen LogP contribution in [0.15, 0.2) is 29.0 Å². The molecule has 0 bridgehead atoms. The van der Waals surface area contributed by atoms with E-state index in [2.05, 4.69) is 16.8 Å². The summed E-state index contributed by atoms with van der Waals surface area (Å²) < 4.78 is 0.831. The van der Waals surface area contributed by atoms with Crippen LogP contribution in [0.5, 0.6) is 0 Å². The fraction of sp³-hybridized carbons (Fsp3) is 0.200. The number of thiophene rings is 2. The molecule has 1 nitrogen and oxygen atoms in total. The van der Waals surface area contributed by atoms with Crippen LogP contribution in [0.4, 0.5) is 0 Å². The van der Waals surface area contributed by atoms with E-state index in [1.807, 2.05) is 12.1 Å². The van der Waals surface area contributed by atoms with Gasteiger partial charge in [0.1, 0.15) is 0 Å². The molecule has 4 heteroatoms. The Kier molecular flexibility index (Phi) is 3.23. The summed E-state index contributed by atoms with van der Waals surface area (Å²) in [6.07, 6.45) is 0.869. The molecule has 0 saturated heterocycles. The summed E-state index contributed by atoms with van der Waals surface area (Å²) in [5, 5.41) is 4.15. The summed E-state index contributed by atoms with van der Waals surface area (Å²) in [5.41, 5.74) is 7.26. The van der Waals surface area contributed by atoms with Crippen molar-refractivity contribution in [3.05, 3.63) is 43.7 Å². The molecule has 2 N–H and O–H groups in total. The highest BCUT2D eigenvalue weighted by Gasteiger charge is 2.08. The van der Waals surface area contributed by atoms with E-state index in [-0.39, 0.29) is 6.04 Å². The molecule has 0 aliphatic carbocycles. The molecule has 0 radical (unpaired) electrons. The van der Waals surface area contributed by atoms with Crippen LogP contribution >= 0.6 is 34.3 Å². The number of nitrogens with two attached hydrogens (primary N) is 1. The molecule has 74 valence electrons. The highest BCUT2D eigenvalue weighted by atomic mass is 35.5. The lowest BCUT2D eigenvalue weighted by molar-refractivity contribution is 0.733. The molecule has 2 heterocycles. The molecule has 0 aliphatic heterocycles. The lowest BCUT2D eigenvalue weighted by Gasteiger charge is -2.07. The Hall–Kier alpha value is -0.350. The second-order valence-corrected chi connectivity index (χ2v) is 5.65. The van der Waals surface area contributed by atoms with Gasteiger partial charge >= 0.3 is 0 Å². The van der Waals surface area contributed by atoms with Gasteiger partial charge in [-0.2, -0.15) is 11.3 Å². The van der Waals surface area contributed by atoms with E-state index < -0.39 is 0 Å². The summed E-state index contributed by atoms with van der Waals surface area (Å²) in [4.78, 5) is 1.24. The van der Waals surface area contributed by atoms with Gasteiger partial charge in [0.15, 0.2) is 0 Å². The van der Waals surface area contributed by atoms with Gasteiger partial charge in [-0.1, -0.05) is 11.6 Å². The Bertz CT molecular complexity index is 394. The molecule has 0 saturated carbocycles. The molecular weight excluding hydrogens is 234 g/mol. The molecule has 2 rings (SSSR count). The minimum Gasteiger partial charge on any atom is -0.324 e. The second kappa shape index (κ2) is 4.45. The number of hydrogen-bond donors (Lipinski definition) is 1. The molecule has 0 fully saturated rings. The van der Waals surface area contributed by atoms with Crippen LogP contribution in [-0.4, -0.2) is 0 Å². The first-order valence-corrected chi connectivity index (χ1v) is 6.41. The zero-order valence-electron chi connectivity index (χ0n) is 7.44. The standard InChI is InChI=1S/C10H10ClNS2/c11-10-2-1-8(14-10)5-9(12)7-3-4-13-6-7/h1-4,6,9H,5,12H2. The van der Waals surface area contributed by atoms with E-state index in [1.165, 1.54) is 10.4 Å². The topological polar surface area (TPSA) is 26.0 Å². The fourth-order valence-electron chi connectivity index (χ4n) is 1.28. The van der Waals surface area contributed by atoms with Crippen LogP contribution < -0.4 is 5.73 Å². The van der Waals surface area contributed by atoms with E-state index in [0.717, 1.165) is 10.8 Å². The lowest BCUT2D eigenvalue weighted by Crippen LogP contribution is -2.11. The largest absolute Gasteiger partial charge is 0.324 e. The van der Waals surface area contributed by atoms with Gasteiger partial charge in [0.05, 0.1) is 4.34 Å². The molecule has 0 aliphatic rings. The number of halogens is 1.